The molecular formula is C45H90N4O2. The molecule has 6 heteroatoms. The standard InChI is InChI=1S/C43H84N4O2.C2H6/c1-6-8-10-12-14-16-18-20-22-23-25-27-29-31-33-35-41(48)47-40(36-38-45-42(44-5)39(3)4)43(49)46-37-34-32-30-28-26-24-21-19-17-15-13-11-9-7-2;1-2/h20,22,40,44-45H,6-19,21,23-38H2,1-5H3,(H,46,49)(H,47,48);1-2H3/b22-20-;. The van der Waals surface area contributed by atoms with Crippen LogP contribution in [0.4, 0.5) is 0 Å². The monoisotopic (exact) mass is 719 g/mol. The molecule has 0 radical (unpaired) electrons. The number of unbranched alkanes of at least 4 members (excludes halogenated alkanes) is 24. The summed E-state index contributed by atoms with van der Waals surface area (Å²) < 4.78 is 0. The van der Waals surface area contributed by atoms with E-state index in [1.54, 1.807) is 0 Å². The van der Waals surface area contributed by atoms with Crippen LogP contribution < -0.4 is 21.3 Å². The van der Waals surface area contributed by atoms with Gasteiger partial charge in [-0.1, -0.05) is 175 Å². The van der Waals surface area contributed by atoms with Gasteiger partial charge in [0.15, 0.2) is 0 Å². The summed E-state index contributed by atoms with van der Waals surface area (Å²) in [6.07, 6.45) is 40.4. The summed E-state index contributed by atoms with van der Waals surface area (Å²) in [6.45, 7) is 13.9. The van der Waals surface area contributed by atoms with Crippen molar-refractivity contribution in [3.05, 3.63) is 23.5 Å². The molecule has 1 unspecified atom stereocenters. The largest absolute Gasteiger partial charge is 0.375 e. The third kappa shape index (κ3) is 37.6. The second kappa shape index (κ2) is 42.4. The molecule has 4 N–H and O–H groups in total. The molecule has 0 spiro atoms. The van der Waals surface area contributed by atoms with Gasteiger partial charge in [0, 0.05) is 26.6 Å². The first-order valence-electron chi connectivity index (χ1n) is 22.3. The first kappa shape index (κ1) is 51.1. The van der Waals surface area contributed by atoms with Gasteiger partial charge in [-0.25, -0.2) is 0 Å². The van der Waals surface area contributed by atoms with Crippen LogP contribution in [0.15, 0.2) is 23.5 Å². The van der Waals surface area contributed by atoms with Crippen LogP contribution >= 0.6 is 0 Å². The highest BCUT2D eigenvalue weighted by Gasteiger charge is 2.20. The van der Waals surface area contributed by atoms with Gasteiger partial charge in [0.25, 0.3) is 0 Å². The summed E-state index contributed by atoms with van der Waals surface area (Å²) in [7, 11) is 1.89. The molecule has 0 saturated carbocycles. The van der Waals surface area contributed by atoms with Crippen LogP contribution in [0.5, 0.6) is 0 Å². The van der Waals surface area contributed by atoms with Gasteiger partial charge in [-0.15, -0.1) is 0 Å². The summed E-state index contributed by atoms with van der Waals surface area (Å²) in [5, 5.41) is 12.7. The molecule has 0 aliphatic heterocycles. The van der Waals surface area contributed by atoms with Crippen molar-refractivity contribution in [1.82, 2.24) is 21.3 Å². The molecule has 1 atom stereocenters. The number of allylic oxidation sites excluding steroid dienone is 3. The summed E-state index contributed by atoms with van der Waals surface area (Å²) in [5.74, 6) is 0.907. The zero-order chi connectivity index (χ0) is 38.0. The Kier molecular flexibility index (Phi) is 42.5. The zero-order valence-electron chi connectivity index (χ0n) is 35.5. The minimum Gasteiger partial charge on any atom is -0.375 e. The van der Waals surface area contributed by atoms with Crippen LogP contribution in [-0.2, 0) is 9.59 Å². The number of rotatable bonds is 37. The molecule has 0 aromatic carbocycles. The van der Waals surface area contributed by atoms with Gasteiger partial charge in [-0.05, 0) is 64.4 Å². The molecule has 0 aliphatic rings. The Morgan fingerprint density at radius 1 is 0.529 bits per heavy atom. The Morgan fingerprint density at radius 2 is 0.941 bits per heavy atom. The van der Waals surface area contributed by atoms with Gasteiger partial charge in [0.1, 0.15) is 6.04 Å². The lowest BCUT2D eigenvalue weighted by Crippen LogP contribution is -2.48. The van der Waals surface area contributed by atoms with E-state index >= 15 is 0 Å². The highest BCUT2D eigenvalue weighted by Crippen LogP contribution is 2.13. The Balaban J connectivity index is 0. The fraction of sp³-hybridized carbons (Fsp3) is 0.867. The molecule has 6 nitrogen and oxygen atoms in total. The molecule has 0 rings (SSSR count). The second-order valence-electron chi connectivity index (χ2n) is 14.7. The number of hydrogen-bond acceptors (Lipinski definition) is 4. The molecule has 0 heterocycles. The van der Waals surface area contributed by atoms with Crippen LogP contribution in [0, 0.1) is 0 Å². The first-order chi connectivity index (χ1) is 25.0. The van der Waals surface area contributed by atoms with Gasteiger partial charge >= 0.3 is 0 Å². The Bertz CT molecular complexity index is 806. The minimum absolute atomic E-state index is 0.00896. The minimum atomic E-state index is -0.509. The number of amides is 2. The van der Waals surface area contributed by atoms with Gasteiger partial charge in [-0.3, -0.25) is 9.59 Å². The van der Waals surface area contributed by atoms with Crippen molar-refractivity contribution >= 4 is 11.8 Å². The van der Waals surface area contributed by atoms with E-state index in [1.807, 2.05) is 20.9 Å². The van der Waals surface area contributed by atoms with Crippen molar-refractivity contribution in [2.75, 3.05) is 20.1 Å². The number of hydrogen-bond donors (Lipinski definition) is 4. The lowest BCUT2D eigenvalue weighted by Gasteiger charge is -2.20. The molecule has 51 heavy (non-hydrogen) atoms. The fourth-order valence-electron chi connectivity index (χ4n) is 6.40. The zero-order valence-corrected chi connectivity index (χ0v) is 35.5. The third-order valence-corrected chi connectivity index (χ3v) is 9.63. The van der Waals surface area contributed by atoms with Gasteiger partial charge in [0.05, 0.1) is 5.82 Å². The first-order valence-corrected chi connectivity index (χ1v) is 22.3. The fourth-order valence-corrected chi connectivity index (χ4v) is 6.40. The van der Waals surface area contributed by atoms with E-state index in [-0.39, 0.29) is 11.8 Å². The molecule has 2 amide bonds. The van der Waals surface area contributed by atoms with Crippen molar-refractivity contribution in [2.45, 2.75) is 234 Å². The van der Waals surface area contributed by atoms with Crippen LogP contribution in [0.2, 0.25) is 0 Å². The van der Waals surface area contributed by atoms with Crippen molar-refractivity contribution in [3.63, 3.8) is 0 Å². The summed E-state index contributed by atoms with van der Waals surface area (Å²) in [4.78, 5) is 25.9. The summed E-state index contributed by atoms with van der Waals surface area (Å²) in [5.41, 5.74) is 1.16. The predicted molar refractivity (Wildman–Crippen MR) is 226 cm³/mol. The number of nitrogens with one attached hydrogen (secondary N) is 4. The summed E-state index contributed by atoms with van der Waals surface area (Å²) >= 11 is 0. The van der Waals surface area contributed by atoms with E-state index in [0.29, 0.717) is 25.9 Å². The quantitative estimate of drug-likeness (QED) is 0.0381. The molecule has 0 aromatic heterocycles. The Hall–Kier alpha value is -1.98. The van der Waals surface area contributed by atoms with E-state index in [9.17, 15) is 9.59 Å². The maximum absolute atomic E-state index is 13.1. The molecule has 0 fully saturated rings. The predicted octanol–water partition coefficient (Wildman–Crippen LogP) is 12.6. The molecule has 0 bridgehead atoms. The Morgan fingerprint density at radius 3 is 1.37 bits per heavy atom. The summed E-state index contributed by atoms with van der Waals surface area (Å²) in [6, 6.07) is -0.509. The van der Waals surface area contributed by atoms with Gasteiger partial charge < -0.3 is 21.3 Å². The van der Waals surface area contributed by atoms with Crippen LogP contribution in [-0.4, -0.2) is 38.0 Å². The normalized spacial score (nSPS) is 11.5. The molecule has 0 aromatic rings. The maximum Gasteiger partial charge on any atom is 0.242 e. The van der Waals surface area contributed by atoms with E-state index in [2.05, 4.69) is 61.1 Å². The van der Waals surface area contributed by atoms with Crippen LogP contribution in [0.3, 0.4) is 0 Å². The topological polar surface area (TPSA) is 82.3 Å². The lowest BCUT2D eigenvalue weighted by atomic mass is 10.0. The molecular weight excluding hydrogens is 629 g/mol. The van der Waals surface area contributed by atoms with Crippen molar-refractivity contribution in [1.29, 1.82) is 0 Å². The van der Waals surface area contributed by atoms with E-state index < -0.39 is 6.04 Å². The van der Waals surface area contributed by atoms with Crippen LogP contribution in [0.25, 0.3) is 0 Å². The van der Waals surface area contributed by atoms with Crippen molar-refractivity contribution in [2.24, 2.45) is 0 Å². The maximum atomic E-state index is 13.1. The smallest absolute Gasteiger partial charge is 0.242 e. The van der Waals surface area contributed by atoms with E-state index in [0.717, 1.165) is 37.1 Å². The SMILES string of the molecule is CC.CCCCCCCC/C=C\CCCCCCCC(=O)NC(CCNC(NC)=C(C)C)C(=O)NCCCCCCCCCCCCCCCC. The van der Waals surface area contributed by atoms with Gasteiger partial charge in [-0.2, -0.15) is 0 Å². The van der Waals surface area contributed by atoms with Gasteiger partial charge in [0.2, 0.25) is 11.8 Å². The second-order valence-corrected chi connectivity index (χ2v) is 14.7. The van der Waals surface area contributed by atoms with E-state index in [1.165, 1.54) is 148 Å². The van der Waals surface area contributed by atoms with Crippen LogP contribution in [0.1, 0.15) is 228 Å². The van der Waals surface area contributed by atoms with Crippen molar-refractivity contribution in [3.8, 4) is 0 Å². The average molecular weight is 719 g/mol. The lowest BCUT2D eigenvalue weighted by molar-refractivity contribution is -0.129. The highest BCUT2D eigenvalue weighted by molar-refractivity contribution is 5.87. The number of carbonyl (C=O) groups is 2. The van der Waals surface area contributed by atoms with Crippen molar-refractivity contribution < 1.29 is 9.59 Å². The highest BCUT2D eigenvalue weighted by atomic mass is 16.2. The Labute approximate surface area is 319 Å². The molecule has 0 aliphatic carbocycles. The molecule has 0 saturated heterocycles. The van der Waals surface area contributed by atoms with E-state index in [4.69, 9.17) is 0 Å². The average Bonchev–Trinajstić information content (AvgIpc) is 3.13. The molecule has 302 valence electrons. The number of carbonyl (C=O) groups excluding carboxylic acids is 2. The third-order valence-electron chi connectivity index (χ3n) is 9.63.